The average molecular weight is 261 g/mol. The van der Waals surface area contributed by atoms with E-state index in [1.807, 2.05) is 0 Å². The van der Waals surface area contributed by atoms with Crippen LogP contribution in [0, 0.1) is 23.1 Å². The van der Waals surface area contributed by atoms with Gasteiger partial charge in [0.2, 0.25) is 0 Å². The van der Waals surface area contributed by atoms with Crippen LogP contribution in [0.2, 0.25) is 0 Å². The molecule has 2 nitrogen and oxygen atoms in total. The van der Waals surface area contributed by atoms with E-state index in [-0.39, 0.29) is 11.3 Å². The van der Waals surface area contributed by atoms with Gasteiger partial charge in [-0.3, -0.25) is 0 Å². The van der Waals surface area contributed by atoms with E-state index in [0.29, 0.717) is 5.92 Å². The Morgan fingerprint density at radius 1 is 1.32 bits per heavy atom. The smallest absolute Gasteiger partial charge is 0.145 e. The molecule has 0 heterocycles. The van der Waals surface area contributed by atoms with Crippen molar-refractivity contribution >= 4 is 0 Å². The summed E-state index contributed by atoms with van der Waals surface area (Å²) in [4.78, 5) is 0. The highest BCUT2D eigenvalue weighted by Gasteiger charge is 2.23. The Labute approximate surface area is 113 Å². The van der Waals surface area contributed by atoms with E-state index in [1.54, 1.807) is 12.1 Å². The molecule has 0 atom stereocenters. The van der Waals surface area contributed by atoms with Gasteiger partial charge in [0, 0.05) is 0 Å². The van der Waals surface area contributed by atoms with Crippen molar-refractivity contribution in [1.82, 2.24) is 0 Å². The normalized spacial score (nSPS) is 23.0. The average Bonchev–Trinajstić information content (AvgIpc) is 2.39. The van der Waals surface area contributed by atoms with Crippen LogP contribution >= 0.6 is 0 Å². The third-order valence-electron chi connectivity index (χ3n) is 4.22. The largest absolute Gasteiger partial charge is 0.506 e. The number of hydrogen-bond donors (Lipinski definition) is 1. The maximum absolute atomic E-state index is 13.7. The van der Waals surface area contributed by atoms with E-state index in [4.69, 9.17) is 5.26 Å². The van der Waals surface area contributed by atoms with Gasteiger partial charge in [-0.15, -0.1) is 0 Å². The first-order chi connectivity index (χ1) is 9.15. The zero-order chi connectivity index (χ0) is 13.8. The standard InChI is InChI=1S/C16H20FNO/c1-2-3-11-4-6-12(7-5-11)13-8-15(17)14(10-18)16(19)9-13/h8-9,11-12,19H,2-7H2,1H3. The van der Waals surface area contributed by atoms with Gasteiger partial charge in [0.05, 0.1) is 0 Å². The Bertz CT molecular complexity index is 461. The molecule has 1 aliphatic carbocycles. The van der Waals surface area contributed by atoms with E-state index < -0.39 is 5.82 Å². The van der Waals surface area contributed by atoms with Gasteiger partial charge >= 0.3 is 0 Å². The molecule has 1 aromatic carbocycles. The minimum atomic E-state index is -0.604. The molecule has 1 aromatic rings. The van der Waals surface area contributed by atoms with Gasteiger partial charge in [-0.25, -0.2) is 4.39 Å². The van der Waals surface area contributed by atoms with Crippen molar-refractivity contribution in [1.29, 1.82) is 5.26 Å². The summed E-state index contributed by atoms with van der Waals surface area (Å²) in [7, 11) is 0. The number of phenols is 1. The molecule has 1 aliphatic rings. The van der Waals surface area contributed by atoms with Crippen LogP contribution in [0.3, 0.4) is 0 Å². The van der Waals surface area contributed by atoms with Crippen LogP contribution in [0.25, 0.3) is 0 Å². The highest BCUT2D eigenvalue weighted by molar-refractivity contribution is 5.46. The summed E-state index contributed by atoms with van der Waals surface area (Å²) in [6.45, 7) is 2.21. The van der Waals surface area contributed by atoms with Gasteiger partial charge in [-0.1, -0.05) is 19.8 Å². The lowest BCUT2D eigenvalue weighted by atomic mass is 9.77. The molecule has 0 radical (unpaired) electrons. The van der Waals surface area contributed by atoms with Crippen molar-refractivity contribution in [2.75, 3.05) is 0 Å². The van der Waals surface area contributed by atoms with Gasteiger partial charge in [0.25, 0.3) is 0 Å². The molecule has 19 heavy (non-hydrogen) atoms. The number of rotatable bonds is 3. The van der Waals surface area contributed by atoms with Crippen LogP contribution in [-0.4, -0.2) is 5.11 Å². The summed E-state index contributed by atoms with van der Waals surface area (Å²) < 4.78 is 13.7. The lowest BCUT2D eigenvalue weighted by Gasteiger charge is -2.28. The van der Waals surface area contributed by atoms with Gasteiger partial charge < -0.3 is 5.11 Å². The van der Waals surface area contributed by atoms with Crippen molar-refractivity contribution in [3.63, 3.8) is 0 Å². The fourth-order valence-electron chi connectivity index (χ4n) is 3.15. The van der Waals surface area contributed by atoms with Gasteiger partial charge in [0.15, 0.2) is 0 Å². The summed E-state index contributed by atoms with van der Waals surface area (Å²) >= 11 is 0. The zero-order valence-electron chi connectivity index (χ0n) is 11.3. The van der Waals surface area contributed by atoms with Crippen molar-refractivity contribution in [3.05, 3.63) is 29.1 Å². The van der Waals surface area contributed by atoms with Crippen molar-refractivity contribution in [3.8, 4) is 11.8 Å². The number of nitrogens with zero attached hydrogens (tertiary/aromatic N) is 1. The van der Waals surface area contributed by atoms with E-state index in [2.05, 4.69) is 6.92 Å². The SMILES string of the molecule is CCCC1CCC(c2cc(O)c(C#N)c(F)c2)CC1. The van der Waals surface area contributed by atoms with Crippen LogP contribution < -0.4 is 0 Å². The van der Waals surface area contributed by atoms with E-state index in [9.17, 15) is 9.50 Å². The van der Waals surface area contributed by atoms with E-state index in [0.717, 1.165) is 24.3 Å². The van der Waals surface area contributed by atoms with Crippen molar-refractivity contribution in [2.45, 2.75) is 51.4 Å². The second-order valence-electron chi connectivity index (χ2n) is 5.51. The summed E-state index contributed by atoms with van der Waals surface area (Å²) in [5.74, 6) is 0.292. The molecule has 0 bridgehead atoms. The van der Waals surface area contributed by atoms with Crippen LogP contribution in [0.4, 0.5) is 4.39 Å². The van der Waals surface area contributed by atoms with E-state index >= 15 is 0 Å². The first kappa shape index (κ1) is 13.9. The maximum Gasteiger partial charge on any atom is 0.145 e. The molecule has 1 saturated carbocycles. The molecular formula is C16H20FNO. The van der Waals surface area contributed by atoms with Gasteiger partial charge in [-0.2, -0.15) is 5.26 Å². The van der Waals surface area contributed by atoms with Crippen molar-refractivity contribution < 1.29 is 9.50 Å². The van der Waals surface area contributed by atoms with E-state index in [1.165, 1.54) is 31.7 Å². The topological polar surface area (TPSA) is 44.0 Å². The molecule has 1 N–H and O–H groups in total. The number of aromatic hydroxyl groups is 1. The number of benzene rings is 1. The summed E-state index contributed by atoms with van der Waals surface area (Å²) in [5.41, 5.74) is 0.590. The third-order valence-corrected chi connectivity index (χ3v) is 4.22. The molecule has 1 fully saturated rings. The molecule has 0 amide bonds. The monoisotopic (exact) mass is 261 g/mol. The Morgan fingerprint density at radius 2 is 2.00 bits per heavy atom. The molecule has 0 saturated heterocycles. The minimum Gasteiger partial charge on any atom is -0.506 e. The molecular weight excluding hydrogens is 241 g/mol. The summed E-state index contributed by atoms with van der Waals surface area (Å²) in [5, 5.41) is 18.4. The Hall–Kier alpha value is -1.56. The quantitative estimate of drug-likeness (QED) is 0.872. The minimum absolute atomic E-state index is 0.229. The van der Waals surface area contributed by atoms with Crippen LogP contribution in [0.5, 0.6) is 5.75 Å². The van der Waals surface area contributed by atoms with Crippen LogP contribution in [0.1, 0.15) is 62.5 Å². The molecule has 0 unspecified atom stereocenters. The number of nitriles is 1. The third kappa shape index (κ3) is 3.07. The summed E-state index contributed by atoms with van der Waals surface area (Å²) in [6, 6.07) is 4.67. The van der Waals surface area contributed by atoms with Gasteiger partial charge in [-0.05, 0) is 55.2 Å². The van der Waals surface area contributed by atoms with Crippen molar-refractivity contribution in [2.24, 2.45) is 5.92 Å². The highest BCUT2D eigenvalue weighted by Crippen LogP contribution is 2.39. The Morgan fingerprint density at radius 3 is 2.53 bits per heavy atom. The van der Waals surface area contributed by atoms with Crippen LogP contribution in [-0.2, 0) is 0 Å². The Kier molecular flexibility index (Phi) is 4.42. The highest BCUT2D eigenvalue weighted by atomic mass is 19.1. The second kappa shape index (κ2) is 6.06. The predicted octanol–water partition coefficient (Wildman–Crippen LogP) is 4.48. The first-order valence-corrected chi connectivity index (χ1v) is 7.08. The van der Waals surface area contributed by atoms with Crippen LogP contribution in [0.15, 0.2) is 12.1 Å². The summed E-state index contributed by atoms with van der Waals surface area (Å²) in [6.07, 6.45) is 6.97. The predicted molar refractivity (Wildman–Crippen MR) is 72.4 cm³/mol. The lowest BCUT2D eigenvalue weighted by Crippen LogP contribution is -2.13. The molecule has 0 aromatic heterocycles. The maximum atomic E-state index is 13.7. The molecule has 3 heteroatoms. The molecule has 0 aliphatic heterocycles. The van der Waals surface area contributed by atoms with Gasteiger partial charge in [0.1, 0.15) is 23.2 Å². The molecule has 0 spiro atoms. The fraction of sp³-hybridized carbons (Fsp3) is 0.562. The second-order valence-corrected chi connectivity index (χ2v) is 5.51. The number of phenolic OH excluding ortho intramolecular Hbond substituents is 1. The molecule has 2 rings (SSSR count). The first-order valence-electron chi connectivity index (χ1n) is 7.08. The molecule has 102 valence electrons. The Balaban J connectivity index is 2.10. The number of halogens is 1. The fourth-order valence-corrected chi connectivity index (χ4v) is 3.15. The zero-order valence-corrected chi connectivity index (χ0v) is 11.3. The number of hydrogen-bond acceptors (Lipinski definition) is 2. The lowest BCUT2D eigenvalue weighted by molar-refractivity contribution is 0.307.